The van der Waals surface area contributed by atoms with Crippen molar-refractivity contribution in [3.8, 4) is 0 Å². The zero-order chi connectivity index (χ0) is 12.5. The predicted molar refractivity (Wildman–Crippen MR) is 72.5 cm³/mol. The van der Waals surface area contributed by atoms with Crippen LogP contribution in [0.5, 0.6) is 0 Å². The SMILES string of the molecule is CCN(CC)CCNCCN(C)C1CCOC1. The van der Waals surface area contributed by atoms with Crippen molar-refractivity contribution in [2.45, 2.75) is 26.3 Å². The third-order valence-corrected chi connectivity index (χ3v) is 3.67. The predicted octanol–water partition coefficient (Wildman–Crippen LogP) is 0.639. The Morgan fingerprint density at radius 3 is 2.47 bits per heavy atom. The van der Waals surface area contributed by atoms with Crippen molar-refractivity contribution in [1.29, 1.82) is 0 Å². The van der Waals surface area contributed by atoms with Crippen LogP contribution in [-0.4, -0.2) is 75.4 Å². The van der Waals surface area contributed by atoms with Gasteiger partial charge < -0.3 is 15.0 Å². The largest absolute Gasteiger partial charge is 0.380 e. The number of hydrogen-bond acceptors (Lipinski definition) is 4. The smallest absolute Gasteiger partial charge is 0.0622 e. The van der Waals surface area contributed by atoms with Gasteiger partial charge in [0.25, 0.3) is 0 Å². The van der Waals surface area contributed by atoms with Gasteiger partial charge in [0.15, 0.2) is 0 Å². The van der Waals surface area contributed by atoms with Crippen LogP contribution < -0.4 is 5.32 Å². The lowest BCUT2D eigenvalue weighted by atomic mass is 10.2. The standard InChI is InChI=1S/C13H29N3O/c1-4-16(5-2)10-8-14-7-9-15(3)13-6-11-17-12-13/h13-14H,4-12H2,1-3H3. The molecule has 1 rings (SSSR count). The van der Waals surface area contributed by atoms with Gasteiger partial charge in [0.2, 0.25) is 0 Å². The summed E-state index contributed by atoms with van der Waals surface area (Å²) in [6, 6.07) is 0.639. The Bertz CT molecular complexity index is 180. The van der Waals surface area contributed by atoms with Crippen molar-refractivity contribution < 1.29 is 4.74 Å². The van der Waals surface area contributed by atoms with Gasteiger partial charge >= 0.3 is 0 Å². The normalized spacial score (nSPS) is 20.6. The molecule has 1 aliphatic heterocycles. The van der Waals surface area contributed by atoms with Crippen LogP contribution >= 0.6 is 0 Å². The van der Waals surface area contributed by atoms with E-state index in [-0.39, 0.29) is 0 Å². The first kappa shape index (κ1) is 14.9. The Morgan fingerprint density at radius 2 is 1.88 bits per heavy atom. The van der Waals surface area contributed by atoms with Crippen LogP contribution in [0.2, 0.25) is 0 Å². The summed E-state index contributed by atoms with van der Waals surface area (Å²) >= 11 is 0. The summed E-state index contributed by atoms with van der Waals surface area (Å²) in [6.45, 7) is 13.0. The Labute approximate surface area is 106 Å². The van der Waals surface area contributed by atoms with Crippen LogP contribution in [0, 0.1) is 0 Å². The van der Waals surface area contributed by atoms with E-state index in [1.807, 2.05) is 0 Å². The van der Waals surface area contributed by atoms with Crippen molar-refractivity contribution in [2.75, 3.05) is 59.5 Å². The third kappa shape index (κ3) is 5.82. The molecule has 1 unspecified atom stereocenters. The molecule has 0 aromatic carbocycles. The van der Waals surface area contributed by atoms with E-state index in [0.29, 0.717) is 6.04 Å². The number of ether oxygens (including phenoxy) is 1. The summed E-state index contributed by atoms with van der Waals surface area (Å²) in [5.41, 5.74) is 0. The zero-order valence-corrected chi connectivity index (χ0v) is 11.7. The molecule has 0 aliphatic carbocycles. The second-order valence-electron chi connectivity index (χ2n) is 4.77. The molecule has 102 valence electrons. The maximum atomic E-state index is 5.40. The Morgan fingerprint density at radius 1 is 1.18 bits per heavy atom. The molecule has 0 amide bonds. The van der Waals surface area contributed by atoms with Crippen LogP contribution in [0.25, 0.3) is 0 Å². The van der Waals surface area contributed by atoms with E-state index in [1.165, 1.54) is 6.42 Å². The molecule has 0 bridgehead atoms. The number of rotatable bonds is 9. The van der Waals surface area contributed by atoms with Gasteiger partial charge in [-0.3, -0.25) is 4.90 Å². The van der Waals surface area contributed by atoms with Gasteiger partial charge in [0.1, 0.15) is 0 Å². The highest BCUT2D eigenvalue weighted by molar-refractivity contribution is 4.73. The van der Waals surface area contributed by atoms with E-state index in [4.69, 9.17) is 4.74 Å². The van der Waals surface area contributed by atoms with Gasteiger partial charge in [-0.1, -0.05) is 13.8 Å². The van der Waals surface area contributed by atoms with Crippen molar-refractivity contribution in [3.05, 3.63) is 0 Å². The molecule has 1 saturated heterocycles. The zero-order valence-electron chi connectivity index (χ0n) is 11.7. The molecule has 1 aliphatic rings. The molecule has 0 aromatic rings. The molecule has 0 radical (unpaired) electrons. The lowest BCUT2D eigenvalue weighted by Crippen LogP contribution is -2.39. The van der Waals surface area contributed by atoms with Crippen LogP contribution in [0.3, 0.4) is 0 Å². The minimum absolute atomic E-state index is 0.639. The molecule has 1 N–H and O–H groups in total. The molecule has 0 saturated carbocycles. The fourth-order valence-electron chi connectivity index (χ4n) is 2.21. The van der Waals surface area contributed by atoms with Gasteiger partial charge in [-0.05, 0) is 26.6 Å². The van der Waals surface area contributed by atoms with Gasteiger partial charge in [0, 0.05) is 38.8 Å². The van der Waals surface area contributed by atoms with Crippen LogP contribution in [0.4, 0.5) is 0 Å². The number of nitrogens with one attached hydrogen (secondary N) is 1. The fourth-order valence-corrected chi connectivity index (χ4v) is 2.21. The highest BCUT2D eigenvalue weighted by Crippen LogP contribution is 2.09. The average molecular weight is 243 g/mol. The van der Waals surface area contributed by atoms with E-state index in [1.54, 1.807) is 0 Å². The minimum Gasteiger partial charge on any atom is -0.380 e. The first-order chi connectivity index (χ1) is 8.27. The lowest BCUT2D eigenvalue weighted by Gasteiger charge is -2.23. The number of nitrogens with zero attached hydrogens (tertiary/aromatic N) is 2. The maximum absolute atomic E-state index is 5.40. The third-order valence-electron chi connectivity index (χ3n) is 3.67. The molecule has 4 heteroatoms. The summed E-state index contributed by atoms with van der Waals surface area (Å²) in [5, 5.41) is 3.51. The summed E-state index contributed by atoms with van der Waals surface area (Å²) in [7, 11) is 2.20. The van der Waals surface area contributed by atoms with Crippen molar-refractivity contribution in [1.82, 2.24) is 15.1 Å². The first-order valence-corrected chi connectivity index (χ1v) is 6.99. The van der Waals surface area contributed by atoms with Gasteiger partial charge in [-0.2, -0.15) is 0 Å². The summed E-state index contributed by atoms with van der Waals surface area (Å²) in [6.07, 6.45) is 1.19. The molecule has 4 nitrogen and oxygen atoms in total. The Balaban J connectivity index is 1.96. The molecule has 1 fully saturated rings. The second kappa shape index (κ2) is 8.86. The van der Waals surface area contributed by atoms with Crippen LogP contribution in [0.15, 0.2) is 0 Å². The number of likely N-dealkylation sites (N-methyl/N-ethyl adjacent to an activating group) is 2. The van der Waals surface area contributed by atoms with Gasteiger partial charge in [-0.15, -0.1) is 0 Å². The first-order valence-electron chi connectivity index (χ1n) is 6.99. The summed E-state index contributed by atoms with van der Waals surface area (Å²) < 4.78 is 5.40. The molecular weight excluding hydrogens is 214 g/mol. The monoisotopic (exact) mass is 243 g/mol. The van der Waals surface area contributed by atoms with Gasteiger partial charge in [0.05, 0.1) is 6.61 Å². The Hall–Kier alpha value is -0.160. The highest BCUT2D eigenvalue weighted by Gasteiger charge is 2.19. The van der Waals surface area contributed by atoms with Gasteiger partial charge in [-0.25, -0.2) is 0 Å². The van der Waals surface area contributed by atoms with Crippen molar-refractivity contribution >= 4 is 0 Å². The quantitative estimate of drug-likeness (QED) is 0.602. The molecular formula is C13H29N3O. The molecule has 17 heavy (non-hydrogen) atoms. The fraction of sp³-hybridized carbons (Fsp3) is 1.00. The maximum Gasteiger partial charge on any atom is 0.0622 e. The second-order valence-corrected chi connectivity index (χ2v) is 4.77. The summed E-state index contributed by atoms with van der Waals surface area (Å²) in [5.74, 6) is 0. The molecule has 0 spiro atoms. The van der Waals surface area contributed by atoms with Crippen LogP contribution in [-0.2, 0) is 4.74 Å². The minimum atomic E-state index is 0.639. The number of hydrogen-bond donors (Lipinski definition) is 1. The lowest BCUT2D eigenvalue weighted by molar-refractivity contribution is 0.159. The van der Waals surface area contributed by atoms with E-state index < -0.39 is 0 Å². The van der Waals surface area contributed by atoms with E-state index in [2.05, 4.69) is 36.0 Å². The topological polar surface area (TPSA) is 27.7 Å². The summed E-state index contributed by atoms with van der Waals surface area (Å²) in [4.78, 5) is 4.86. The highest BCUT2D eigenvalue weighted by atomic mass is 16.5. The van der Waals surface area contributed by atoms with Crippen molar-refractivity contribution in [3.63, 3.8) is 0 Å². The average Bonchev–Trinajstić information content (AvgIpc) is 2.87. The Kier molecular flexibility index (Phi) is 7.77. The molecule has 1 heterocycles. The van der Waals surface area contributed by atoms with E-state index >= 15 is 0 Å². The van der Waals surface area contributed by atoms with Crippen LogP contribution in [0.1, 0.15) is 20.3 Å². The van der Waals surface area contributed by atoms with Crippen molar-refractivity contribution in [2.24, 2.45) is 0 Å². The van der Waals surface area contributed by atoms with E-state index in [0.717, 1.165) is 52.5 Å². The van der Waals surface area contributed by atoms with E-state index in [9.17, 15) is 0 Å². The molecule has 1 atom stereocenters. The molecule has 0 aromatic heterocycles.